The number of pyridine rings is 1. The van der Waals surface area contributed by atoms with Crippen molar-refractivity contribution < 1.29 is 4.79 Å². The van der Waals surface area contributed by atoms with Gasteiger partial charge in [0, 0.05) is 32.4 Å². The molecule has 21 heavy (non-hydrogen) atoms. The number of benzene rings is 1. The molecule has 0 saturated heterocycles. The van der Waals surface area contributed by atoms with Crippen LogP contribution in [0.4, 0.5) is 17.2 Å². The van der Waals surface area contributed by atoms with E-state index in [4.69, 9.17) is 0 Å². The molecule has 1 amide bonds. The summed E-state index contributed by atoms with van der Waals surface area (Å²) in [5.74, 6) is 0.553. The molecular formula is C16H20N4O. The molecule has 0 aliphatic rings. The molecular weight excluding hydrogens is 264 g/mol. The highest BCUT2D eigenvalue weighted by atomic mass is 16.1. The molecule has 0 fully saturated rings. The van der Waals surface area contributed by atoms with E-state index in [9.17, 15) is 4.79 Å². The Labute approximate surface area is 125 Å². The van der Waals surface area contributed by atoms with Gasteiger partial charge in [-0.2, -0.15) is 0 Å². The number of rotatable bonds is 5. The van der Waals surface area contributed by atoms with Crippen LogP contribution in [0.5, 0.6) is 0 Å². The summed E-state index contributed by atoms with van der Waals surface area (Å²) in [5.41, 5.74) is 2.33. The predicted octanol–water partition coefficient (Wildman–Crippen LogP) is 2.83. The Kier molecular flexibility index (Phi) is 4.77. The Morgan fingerprint density at radius 1 is 1.24 bits per heavy atom. The second kappa shape index (κ2) is 6.74. The smallest absolute Gasteiger partial charge is 0.255 e. The molecule has 110 valence electrons. The minimum atomic E-state index is -0.147. The first-order valence-electron chi connectivity index (χ1n) is 6.89. The van der Waals surface area contributed by atoms with Crippen LogP contribution in [0.1, 0.15) is 17.3 Å². The maximum Gasteiger partial charge on any atom is 0.255 e. The van der Waals surface area contributed by atoms with Crippen molar-refractivity contribution >= 4 is 23.1 Å². The number of carbonyl (C=O) groups is 1. The fourth-order valence-electron chi connectivity index (χ4n) is 2.01. The molecule has 0 radical (unpaired) electrons. The summed E-state index contributed by atoms with van der Waals surface area (Å²) >= 11 is 0. The Hall–Kier alpha value is -2.56. The molecule has 1 aromatic heterocycles. The lowest BCUT2D eigenvalue weighted by Gasteiger charge is -2.17. The summed E-state index contributed by atoms with van der Waals surface area (Å²) in [6, 6.07) is 11.2. The monoisotopic (exact) mass is 284 g/mol. The van der Waals surface area contributed by atoms with Gasteiger partial charge in [-0.25, -0.2) is 4.98 Å². The predicted molar refractivity (Wildman–Crippen MR) is 87.1 cm³/mol. The van der Waals surface area contributed by atoms with Crippen LogP contribution in [-0.4, -0.2) is 31.5 Å². The number of para-hydroxylation sites is 2. The summed E-state index contributed by atoms with van der Waals surface area (Å²) in [6.45, 7) is 2.75. The van der Waals surface area contributed by atoms with Gasteiger partial charge in [0.25, 0.3) is 5.91 Å². The topological polar surface area (TPSA) is 57.3 Å². The van der Waals surface area contributed by atoms with E-state index >= 15 is 0 Å². The first kappa shape index (κ1) is 14.8. The van der Waals surface area contributed by atoms with Crippen molar-refractivity contribution in [1.29, 1.82) is 0 Å². The van der Waals surface area contributed by atoms with Crippen molar-refractivity contribution in [2.75, 3.05) is 36.2 Å². The van der Waals surface area contributed by atoms with Gasteiger partial charge in [0.15, 0.2) is 0 Å². The maximum absolute atomic E-state index is 12.4. The standard InChI is InChI=1S/C16H20N4O/c1-4-17-15-11-12(9-10-18-15)16(21)19-13-7-5-6-8-14(13)20(2)3/h5-11H,4H2,1-3H3,(H,17,18)(H,19,21). The minimum absolute atomic E-state index is 0.147. The van der Waals surface area contributed by atoms with Gasteiger partial charge >= 0.3 is 0 Å². The highest BCUT2D eigenvalue weighted by Crippen LogP contribution is 2.24. The first-order chi connectivity index (χ1) is 10.1. The lowest BCUT2D eigenvalue weighted by atomic mass is 10.2. The number of amides is 1. The van der Waals surface area contributed by atoms with E-state index in [-0.39, 0.29) is 5.91 Å². The number of carbonyl (C=O) groups excluding carboxylic acids is 1. The highest BCUT2D eigenvalue weighted by Gasteiger charge is 2.10. The first-order valence-corrected chi connectivity index (χ1v) is 6.89. The van der Waals surface area contributed by atoms with E-state index in [1.165, 1.54) is 0 Å². The molecule has 0 aliphatic heterocycles. The SMILES string of the molecule is CCNc1cc(C(=O)Nc2ccccc2N(C)C)ccn1. The molecule has 0 spiro atoms. The Balaban J connectivity index is 2.20. The second-order valence-electron chi connectivity index (χ2n) is 4.83. The van der Waals surface area contributed by atoms with Gasteiger partial charge in [-0.15, -0.1) is 0 Å². The third kappa shape index (κ3) is 3.72. The summed E-state index contributed by atoms with van der Waals surface area (Å²) in [5, 5.41) is 6.04. The molecule has 2 rings (SSSR count). The van der Waals surface area contributed by atoms with Gasteiger partial charge in [0.2, 0.25) is 0 Å². The van der Waals surface area contributed by atoms with E-state index in [0.717, 1.165) is 17.9 Å². The number of anilines is 3. The molecule has 0 saturated carbocycles. The van der Waals surface area contributed by atoms with Crippen molar-refractivity contribution in [2.45, 2.75) is 6.92 Å². The number of aromatic nitrogens is 1. The van der Waals surface area contributed by atoms with Crippen LogP contribution < -0.4 is 15.5 Å². The fraction of sp³-hybridized carbons (Fsp3) is 0.250. The van der Waals surface area contributed by atoms with Crippen LogP contribution in [-0.2, 0) is 0 Å². The van der Waals surface area contributed by atoms with Crippen molar-refractivity contribution in [3.05, 3.63) is 48.2 Å². The van der Waals surface area contributed by atoms with Crippen LogP contribution >= 0.6 is 0 Å². The zero-order valence-electron chi connectivity index (χ0n) is 12.6. The van der Waals surface area contributed by atoms with Crippen LogP contribution in [0.3, 0.4) is 0 Å². The molecule has 5 nitrogen and oxygen atoms in total. The fourth-order valence-corrected chi connectivity index (χ4v) is 2.01. The zero-order chi connectivity index (χ0) is 15.2. The number of hydrogen-bond acceptors (Lipinski definition) is 4. The van der Waals surface area contributed by atoms with Crippen LogP contribution in [0.15, 0.2) is 42.6 Å². The lowest BCUT2D eigenvalue weighted by molar-refractivity contribution is 0.102. The van der Waals surface area contributed by atoms with E-state index < -0.39 is 0 Å². The molecule has 0 atom stereocenters. The van der Waals surface area contributed by atoms with Gasteiger partial charge in [-0.3, -0.25) is 4.79 Å². The lowest BCUT2D eigenvalue weighted by Crippen LogP contribution is -2.17. The van der Waals surface area contributed by atoms with Crippen LogP contribution in [0.25, 0.3) is 0 Å². The Bertz CT molecular complexity index is 625. The van der Waals surface area contributed by atoms with E-state index in [2.05, 4.69) is 15.6 Å². The summed E-state index contributed by atoms with van der Waals surface area (Å²) in [7, 11) is 3.89. The van der Waals surface area contributed by atoms with E-state index in [1.54, 1.807) is 18.3 Å². The third-order valence-electron chi connectivity index (χ3n) is 3.01. The molecule has 0 unspecified atom stereocenters. The van der Waals surface area contributed by atoms with Crippen molar-refractivity contribution in [1.82, 2.24) is 4.98 Å². The second-order valence-corrected chi connectivity index (χ2v) is 4.83. The van der Waals surface area contributed by atoms with Crippen LogP contribution in [0.2, 0.25) is 0 Å². The van der Waals surface area contributed by atoms with Gasteiger partial charge < -0.3 is 15.5 Å². The van der Waals surface area contributed by atoms with E-state index in [1.807, 2.05) is 50.2 Å². The molecule has 0 bridgehead atoms. The van der Waals surface area contributed by atoms with Crippen molar-refractivity contribution in [3.63, 3.8) is 0 Å². The molecule has 2 N–H and O–H groups in total. The summed E-state index contributed by atoms with van der Waals surface area (Å²) in [4.78, 5) is 18.5. The molecule has 1 heterocycles. The highest BCUT2D eigenvalue weighted by molar-refractivity contribution is 6.06. The van der Waals surface area contributed by atoms with Crippen LogP contribution in [0, 0.1) is 0 Å². The molecule has 5 heteroatoms. The normalized spacial score (nSPS) is 10.0. The summed E-state index contributed by atoms with van der Waals surface area (Å²) < 4.78 is 0. The minimum Gasteiger partial charge on any atom is -0.376 e. The van der Waals surface area contributed by atoms with E-state index in [0.29, 0.717) is 11.4 Å². The summed E-state index contributed by atoms with van der Waals surface area (Å²) in [6.07, 6.45) is 1.63. The third-order valence-corrected chi connectivity index (χ3v) is 3.01. The molecule has 1 aromatic carbocycles. The molecule has 2 aromatic rings. The van der Waals surface area contributed by atoms with Gasteiger partial charge in [-0.1, -0.05) is 12.1 Å². The van der Waals surface area contributed by atoms with Crippen molar-refractivity contribution in [2.24, 2.45) is 0 Å². The maximum atomic E-state index is 12.4. The van der Waals surface area contributed by atoms with Gasteiger partial charge in [0.1, 0.15) is 5.82 Å². The average Bonchev–Trinajstić information content (AvgIpc) is 2.48. The zero-order valence-corrected chi connectivity index (χ0v) is 12.6. The van der Waals surface area contributed by atoms with Gasteiger partial charge in [0.05, 0.1) is 11.4 Å². The Morgan fingerprint density at radius 2 is 2.00 bits per heavy atom. The number of nitrogens with one attached hydrogen (secondary N) is 2. The number of nitrogens with zero attached hydrogens (tertiary/aromatic N) is 2. The quantitative estimate of drug-likeness (QED) is 0.886. The Morgan fingerprint density at radius 3 is 2.71 bits per heavy atom. The average molecular weight is 284 g/mol. The number of hydrogen-bond donors (Lipinski definition) is 2. The van der Waals surface area contributed by atoms with Crippen molar-refractivity contribution in [3.8, 4) is 0 Å². The largest absolute Gasteiger partial charge is 0.376 e. The van der Waals surface area contributed by atoms with Gasteiger partial charge in [-0.05, 0) is 31.2 Å². The molecule has 0 aliphatic carbocycles.